The summed E-state index contributed by atoms with van der Waals surface area (Å²) in [6.07, 6.45) is 47.4. The van der Waals surface area contributed by atoms with Crippen LogP contribution in [0.1, 0.15) is 168 Å². The standard InChI is InChI=1S/C45H83N2O6P/c1-6-8-10-12-14-16-18-20-21-22-23-24-25-27-28-30-32-34-36-38-44(48)43(42-53-54(50,51)52-41-40-47(3,4)5)46-45(49)39-37-35-33-31-29-26-19-17-15-13-11-9-7-2/h9,11,15,17,26,29,33,35-36,38,43-44,48H,6-8,10,12-14,16,18-25,27-28,30-32,34,37,39-42H2,1-5H3,(H-,46,49,50,51)/p+1/b11-9-,17-15-,29-26-,35-33-,38-36+. The minimum absolute atomic E-state index is 0.0466. The zero-order valence-corrected chi connectivity index (χ0v) is 36.3. The van der Waals surface area contributed by atoms with Crippen LogP contribution < -0.4 is 5.32 Å². The normalized spacial score (nSPS) is 15.0. The number of aliphatic hydroxyl groups excluding tert-OH is 1. The van der Waals surface area contributed by atoms with E-state index in [-0.39, 0.29) is 25.5 Å². The van der Waals surface area contributed by atoms with E-state index in [0.717, 1.165) is 44.9 Å². The van der Waals surface area contributed by atoms with Gasteiger partial charge in [-0.15, -0.1) is 0 Å². The van der Waals surface area contributed by atoms with E-state index in [0.29, 0.717) is 17.4 Å². The molecular weight excluding hydrogens is 695 g/mol. The number of likely N-dealkylation sites (N-methyl/N-ethyl adjacent to an activating group) is 1. The average Bonchev–Trinajstić information content (AvgIpc) is 3.12. The van der Waals surface area contributed by atoms with E-state index in [2.05, 4.69) is 55.6 Å². The summed E-state index contributed by atoms with van der Waals surface area (Å²) in [5.74, 6) is -0.259. The van der Waals surface area contributed by atoms with E-state index in [1.165, 1.54) is 96.3 Å². The first-order chi connectivity index (χ1) is 26.0. The van der Waals surface area contributed by atoms with E-state index in [1.54, 1.807) is 6.08 Å². The van der Waals surface area contributed by atoms with Gasteiger partial charge in [0.25, 0.3) is 0 Å². The predicted molar refractivity (Wildman–Crippen MR) is 230 cm³/mol. The van der Waals surface area contributed by atoms with Gasteiger partial charge in [-0.05, 0) is 44.9 Å². The summed E-state index contributed by atoms with van der Waals surface area (Å²) in [6, 6.07) is -0.885. The third-order valence-electron chi connectivity index (χ3n) is 9.26. The van der Waals surface area contributed by atoms with E-state index in [9.17, 15) is 19.4 Å². The minimum Gasteiger partial charge on any atom is -0.387 e. The van der Waals surface area contributed by atoms with E-state index < -0.39 is 20.0 Å². The highest BCUT2D eigenvalue weighted by Gasteiger charge is 2.27. The summed E-state index contributed by atoms with van der Waals surface area (Å²) in [6.45, 7) is 4.63. The van der Waals surface area contributed by atoms with Crippen molar-refractivity contribution < 1.29 is 32.9 Å². The molecule has 0 aliphatic heterocycles. The van der Waals surface area contributed by atoms with Crippen LogP contribution in [0.15, 0.2) is 60.8 Å². The van der Waals surface area contributed by atoms with Crippen molar-refractivity contribution in [2.75, 3.05) is 40.9 Å². The van der Waals surface area contributed by atoms with Gasteiger partial charge in [-0.2, -0.15) is 0 Å². The summed E-state index contributed by atoms with van der Waals surface area (Å²) in [5.41, 5.74) is 0. The largest absolute Gasteiger partial charge is 0.472 e. The molecule has 9 heteroatoms. The highest BCUT2D eigenvalue weighted by Crippen LogP contribution is 2.43. The average molecular weight is 780 g/mol. The third-order valence-corrected chi connectivity index (χ3v) is 10.2. The van der Waals surface area contributed by atoms with Gasteiger partial charge in [-0.1, -0.05) is 177 Å². The molecule has 0 aliphatic carbocycles. The van der Waals surface area contributed by atoms with Gasteiger partial charge in [0.05, 0.1) is 39.9 Å². The maximum atomic E-state index is 12.8. The Kier molecular flexibility index (Phi) is 35.6. The molecule has 3 unspecified atom stereocenters. The Bertz CT molecular complexity index is 1060. The summed E-state index contributed by atoms with van der Waals surface area (Å²) in [7, 11) is 1.52. The number of phosphoric ester groups is 1. The first kappa shape index (κ1) is 52.2. The van der Waals surface area contributed by atoms with E-state index in [1.807, 2.05) is 39.4 Å². The number of amides is 1. The molecule has 8 nitrogen and oxygen atoms in total. The van der Waals surface area contributed by atoms with Gasteiger partial charge in [0.2, 0.25) is 5.91 Å². The molecule has 3 N–H and O–H groups in total. The lowest BCUT2D eigenvalue weighted by molar-refractivity contribution is -0.870. The molecule has 0 bridgehead atoms. The number of unbranched alkanes of at least 4 members (excludes halogenated alkanes) is 17. The van der Waals surface area contributed by atoms with Crippen LogP contribution in [-0.2, 0) is 18.4 Å². The smallest absolute Gasteiger partial charge is 0.387 e. The molecule has 0 aromatic heterocycles. The second kappa shape index (κ2) is 36.8. The van der Waals surface area contributed by atoms with Crippen LogP contribution in [0.4, 0.5) is 0 Å². The number of allylic oxidation sites excluding steroid dienone is 9. The zero-order valence-electron chi connectivity index (χ0n) is 35.4. The summed E-state index contributed by atoms with van der Waals surface area (Å²) < 4.78 is 23.5. The number of phosphoric acid groups is 1. The number of aliphatic hydroxyl groups is 1. The molecule has 54 heavy (non-hydrogen) atoms. The van der Waals surface area contributed by atoms with Gasteiger partial charge < -0.3 is 19.8 Å². The van der Waals surface area contributed by atoms with Crippen LogP contribution in [-0.4, -0.2) is 73.4 Å². The second-order valence-corrected chi connectivity index (χ2v) is 17.1. The van der Waals surface area contributed by atoms with Crippen molar-refractivity contribution in [3.05, 3.63) is 60.8 Å². The Balaban J connectivity index is 4.51. The summed E-state index contributed by atoms with van der Waals surface area (Å²) in [5, 5.41) is 13.7. The Morgan fingerprint density at radius 3 is 1.59 bits per heavy atom. The van der Waals surface area contributed by atoms with Crippen LogP contribution in [0.3, 0.4) is 0 Å². The maximum Gasteiger partial charge on any atom is 0.472 e. The SMILES string of the molecule is CC/C=C\C/C=C\C/C=C\C/C=C\CCC(=O)NC(COP(=O)(O)OCC[N+](C)(C)C)C(O)/C=C/CCCCCCCCCCCCCCCCCCC. The van der Waals surface area contributed by atoms with Crippen molar-refractivity contribution in [2.45, 2.75) is 180 Å². The fourth-order valence-electron chi connectivity index (χ4n) is 5.82. The van der Waals surface area contributed by atoms with Crippen LogP contribution in [0.5, 0.6) is 0 Å². The quantitative estimate of drug-likeness (QED) is 0.0249. The number of carbonyl (C=O) groups is 1. The lowest BCUT2D eigenvalue weighted by Gasteiger charge is -2.25. The topological polar surface area (TPSA) is 105 Å². The van der Waals surface area contributed by atoms with Gasteiger partial charge in [-0.25, -0.2) is 4.57 Å². The Morgan fingerprint density at radius 2 is 1.11 bits per heavy atom. The van der Waals surface area contributed by atoms with E-state index in [4.69, 9.17) is 9.05 Å². The number of quaternary nitrogens is 1. The van der Waals surface area contributed by atoms with Gasteiger partial charge >= 0.3 is 7.82 Å². The molecule has 314 valence electrons. The number of hydrogen-bond acceptors (Lipinski definition) is 5. The zero-order chi connectivity index (χ0) is 40.0. The van der Waals surface area contributed by atoms with E-state index >= 15 is 0 Å². The Hall–Kier alpha value is -1.80. The summed E-state index contributed by atoms with van der Waals surface area (Å²) >= 11 is 0. The number of nitrogens with zero attached hydrogens (tertiary/aromatic N) is 1. The molecule has 0 spiro atoms. The number of nitrogens with one attached hydrogen (secondary N) is 1. The van der Waals surface area contributed by atoms with Crippen LogP contribution in [0.2, 0.25) is 0 Å². The monoisotopic (exact) mass is 780 g/mol. The minimum atomic E-state index is -4.36. The molecule has 0 saturated heterocycles. The molecule has 0 saturated carbocycles. The molecule has 0 aromatic rings. The van der Waals surface area contributed by atoms with Crippen LogP contribution in [0, 0.1) is 0 Å². The Morgan fingerprint density at radius 1 is 0.648 bits per heavy atom. The van der Waals surface area contributed by atoms with Crippen LogP contribution >= 0.6 is 7.82 Å². The van der Waals surface area contributed by atoms with Crippen molar-refractivity contribution >= 4 is 13.7 Å². The molecule has 1 amide bonds. The van der Waals surface area contributed by atoms with Crippen molar-refractivity contribution in [2.24, 2.45) is 0 Å². The van der Waals surface area contributed by atoms with Gasteiger partial charge in [-0.3, -0.25) is 13.8 Å². The lowest BCUT2D eigenvalue weighted by Crippen LogP contribution is -2.45. The molecular formula is C45H84N2O6P+. The molecule has 0 aliphatic rings. The number of hydrogen-bond donors (Lipinski definition) is 3. The second-order valence-electron chi connectivity index (χ2n) is 15.7. The molecule has 0 aromatic carbocycles. The van der Waals surface area contributed by atoms with Crippen molar-refractivity contribution in [3.63, 3.8) is 0 Å². The van der Waals surface area contributed by atoms with Crippen LogP contribution in [0.25, 0.3) is 0 Å². The van der Waals surface area contributed by atoms with Gasteiger partial charge in [0, 0.05) is 6.42 Å². The third kappa shape index (κ3) is 38.5. The first-order valence-corrected chi connectivity index (χ1v) is 23.2. The molecule has 0 fully saturated rings. The molecule has 0 radical (unpaired) electrons. The predicted octanol–water partition coefficient (Wildman–Crippen LogP) is 11.9. The highest BCUT2D eigenvalue weighted by molar-refractivity contribution is 7.47. The number of rotatable bonds is 38. The maximum absolute atomic E-state index is 12.8. The first-order valence-electron chi connectivity index (χ1n) is 21.7. The lowest BCUT2D eigenvalue weighted by atomic mass is 10.0. The summed E-state index contributed by atoms with van der Waals surface area (Å²) in [4.78, 5) is 23.0. The van der Waals surface area contributed by atoms with Gasteiger partial charge in [0.15, 0.2) is 0 Å². The molecule has 0 rings (SSSR count). The van der Waals surface area contributed by atoms with Crippen molar-refractivity contribution in [1.82, 2.24) is 5.32 Å². The van der Waals surface area contributed by atoms with Crippen molar-refractivity contribution in [3.8, 4) is 0 Å². The van der Waals surface area contributed by atoms with Gasteiger partial charge in [0.1, 0.15) is 13.2 Å². The highest BCUT2D eigenvalue weighted by atomic mass is 31.2. The fourth-order valence-corrected chi connectivity index (χ4v) is 6.55. The Labute approximate surface area is 332 Å². The fraction of sp³-hybridized carbons (Fsp3) is 0.756. The molecule has 3 atom stereocenters. The van der Waals surface area contributed by atoms with Crippen molar-refractivity contribution in [1.29, 1.82) is 0 Å². The number of carbonyl (C=O) groups excluding carboxylic acids is 1. The molecule has 0 heterocycles.